The molecule has 6 saturated heterocycles. The van der Waals surface area contributed by atoms with Gasteiger partial charge < -0.3 is 50.7 Å². The van der Waals surface area contributed by atoms with Gasteiger partial charge in [0.2, 0.25) is 0 Å². The number of piperidine rings is 2. The number of hydrogen-bond donors (Lipinski definition) is 4. The smallest absolute Gasteiger partial charge is 0.0907 e. The third kappa shape index (κ3) is 26.2. The normalized spacial score (nSPS) is 18.3. The summed E-state index contributed by atoms with van der Waals surface area (Å²) in [5.41, 5.74) is 13.2. The number of hydrogen-bond acceptors (Lipinski definition) is 16. The summed E-state index contributed by atoms with van der Waals surface area (Å²) < 4.78 is 0. The van der Waals surface area contributed by atoms with Crippen LogP contribution in [-0.2, 0) is 22.0 Å². The molecule has 84 heavy (non-hydrogen) atoms. The van der Waals surface area contributed by atoms with Gasteiger partial charge in [-0.05, 0) is 111 Å². The minimum Gasteiger partial charge on any atom is -0.371 e. The Morgan fingerprint density at radius 1 is 0.310 bits per heavy atom. The number of nitrogens with one attached hydrogen (secondary N) is 4. The molecular formula is C56H74Cl8K2N16Os2. The molecule has 6 aromatic rings. The molecule has 6 aliphatic heterocycles. The molecule has 6 aromatic heterocycles. The molecule has 16 nitrogen and oxygen atoms in total. The van der Waals surface area contributed by atoms with Gasteiger partial charge in [-0.3, -0.25) is 29.9 Å². The Morgan fingerprint density at radius 3 is 0.631 bits per heavy atom. The van der Waals surface area contributed by atoms with Crippen LogP contribution in [0.3, 0.4) is 0 Å². The predicted octanol–water partition coefficient (Wildman–Crippen LogP) is 10.8. The number of pyridine rings is 6. The standard InChI is InChI=1S/C20H26N4.2C18H24N6.8ClH.2K.2Os/c1-3-11-23(12-4-1)17-7-9-21-19(15-17)20-16-18(8-10-22-20)24-13-5-2-6-14-24;2*1-3-21-17(13-15(1)23-9-5-19-6-10-23)18-14-16(2-4-22-18)24-11-7-20-8-12-24;;;;;;;;;;;;/h7-10,15-16H,1-6,11-14H2;2*1-4,13-14,19-20H,5-12H2;8*1H;;;;/q;;;;;;;;;;;;;+2;+6/p-8. The zero-order valence-electron chi connectivity index (χ0n) is 47.9. The first-order chi connectivity index (χ1) is 40.6. The first kappa shape index (κ1) is 71.8. The molecule has 0 amide bonds. The van der Waals surface area contributed by atoms with Crippen molar-refractivity contribution in [3.8, 4) is 34.2 Å². The number of nitrogens with zero attached hydrogens (tertiary/aromatic N) is 12. The molecule has 452 valence electrons. The van der Waals surface area contributed by atoms with E-state index in [1.165, 1.54) is 136 Å². The average Bonchev–Trinajstić information content (AvgIpc) is 3.73. The van der Waals surface area contributed by atoms with E-state index in [0.717, 1.165) is 165 Å². The Kier molecular flexibility index (Phi) is 31.3. The Balaban J connectivity index is 0.000000165. The first-order valence-corrected chi connectivity index (χ1v) is 70.1. The molecule has 0 bridgehead atoms. The Bertz CT molecular complexity index is 2420. The fraction of sp³-hybridized carbons (Fsp3) is 0.464. The van der Waals surface area contributed by atoms with E-state index >= 15 is 0 Å². The predicted molar refractivity (Wildman–Crippen MR) is 353 cm³/mol. The molecule has 0 unspecified atom stereocenters. The third-order valence-electron chi connectivity index (χ3n) is 14.6. The molecule has 6 aliphatic rings. The van der Waals surface area contributed by atoms with Gasteiger partial charge in [0.15, 0.2) is 0 Å². The van der Waals surface area contributed by atoms with Crippen LogP contribution in [-0.4, -0.2) is 224 Å². The van der Waals surface area contributed by atoms with E-state index in [4.69, 9.17) is 77.1 Å². The summed E-state index contributed by atoms with van der Waals surface area (Å²) >= 11 is 1.86. The second-order valence-electron chi connectivity index (χ2n) is 20.2. The van der Waals surface area contributed by atoms with Crippen LogP contribution in [0.5, 0.6) is 0 Å². The van der Waals surface area contributed by atoms with Crippen LogP contribution in [0.1, 0.15) is 38.5 Å². The monoisotopic (exact) mass is 1710 g/mol. The molecule has 4 N–H and O–H groups in total. The van der Waals surface area contributed by atoms with Crippen molar-refractivity contribution >= 4 is 174 Å². The topological polar surface area (TPSA) is 145 Å². The maximum atomic E-state index is 5.06. The van der Waals surface area contributed by atoms with Gasteiger partial charge in [-0.25, -0.2) is 0 Å². The van der Waals surface area contributed by atoms with Gasteiger partial charge >= 0.3 is 162 Å². The SMILES string of the molecule is [Cl][Os]([Cl])([Cl])([Cl])([Cl])[Cl].[Cl][Os][Cl].[K][K].c1cc(N2CCCCC2)cc(-c2cc(N3CCCCC3)ccn2)n1.c1cc(N2CCNCC2)cc(-c2cc(N3CCNCC3)ccn2)n1.c1cc(N2CCNCC2)cc(-c2cc(N3CCNCC3)ccn2)n1. The minimum atomic E-state index is -5.38. The van der Waals surface area contributed by atoms with E-state index in [1.54, 1.807) is 0 Å². The summed E-state index contributed by atoms with van der Waals surface area (Å²) in [4.78, 5) is 42.0. The fourth-order valence-electron chi connectivity index (χ4n) is 10.5. The van der Waals surface area contributed by atoms with Gasteiger partial charge in [-0.2, -0.15) is 0 Å². The number of halogens is 8. The van der Waals surface area contributed by atoms with Gasteiger partial charge in [0.05, 0.1) is 34.2 Å². The maximum Gasteiger partial charge on any atom is 0.0907 e. The van der Waals surface area contributed by atoms with Crippen molar-refractivity contribution in [3.63, 3.8) is 0 Å². The fourth-order valence-corrected chi connectivity index (χ4v) is 10.5. The second-order valence-corrected chi connectivity index (χ2v) is 79.0. The summed E-state index contributed by atoms with van der Waals surface area (Å²) in [5.74, 6) is 0. The van der Waals surface area contributed by atoms with Crippen LogP contribution < -0.4 is 50.7 Å². The number of aromatic nitrogens is 6. The summed E-state index contributed by atoms with van der Waals surface area (Å²) in [6.07, 6.45) is 19.3. The largest absolute Gasteiger partial charge is 0.371 e. The first-order valence-electron chi connectivity index (χ1n) is 28.9. The van der Waals surface area contributed by atoms with Crippen LogP contribution in [0.15, 0.2) is 110 Å². The summed E-state index contributed by atoms with van der Waals surface area (Å²) in [5, 5.41) is 13.6. The van der Waals surface area contributed by atoms with E-state index in [0.29, 0.717) is 0 Å². The second kappa shape index (κ2) is 36.6. The average molecular weight is 1710 g/mol. The maximum absolute atomic E-state index is 5.38. The van der Waals surface area contributed by atoms with Gasteiger partial charge in [0.1, 0.15) is 0 Å². The van der Waals surface area contributed by atoms with Crippen LogP contribution in [0.25, 0.3) is 34.2 Å². The van der Waals surface area contributed by atoms with E-state index in [2.05, 4.69) is 153 Å². The van der Waals surface area contributed by atoms with Gasteiger partial charge in [-0.15, -0.1) is 0 Å². The van der Waals surface area contributed by atoms with Crippen molar-refractivity contribution < 1.29 is 22.0 Å². The molecule has 6 fully saturated rings. The Morgan fingerprint density at radius 2 is 0.464 bits per heavy atom. The van der Waals surface area contributed by atoms with Gasteiger partial charge in [0.25, 0.3) is 0 Å². The Labute approximate surface area is 580 Å². The molecule has 0 aliphatic carbocycles. The van der Waals surface area contributed by atoms with Crippen LogP contribution in [0, 0.1) is 0 Å². The van der Waals surface area contributed by atoms with E-state index < -0.39 is 22.0 Å². The number of rotatable bonds is 9. The molecule has 0 atom stereocenters. The summed E-state index contributed by atoms with van der Waals surface area (Å²) in [7, 11) is 40.2. The van der Waals surface area contributed by atoms with Crippen molar-refractivity contribution in [2.24, 2.45) is 0 Å². The van der Waals surface area contributed by atoms with Crippen LogP contribution in [0.2, 0.25) is 0 Å². The molecule has 28 heteroatoms. The van der Waals surface area contributed by atoms with Crippen LogP contribution in [0.4, 0.5) is 34.1 Å². The molecule has 0 saturated carbocycles. The summed E-state index contributed by atoms with van der Waals surface area (Å²) in [6.45, 7) is 15.9. The zero-order valence-corrected chi connectivity index (χ0v) is 65.2. The van der Waals surface area contributed by atoms with Crippen molar-refractivity contribution in [1.82, 2.24) is 51.2 Å². The van der Waals surface area contributed by atoms with Crippen LogP contribution >= 0.6 is 77.1 Å². The van der Waals surface area contributed by atoms with E-state index in [9.17, 15) is 0 Å². The molecule has 0 aromatic carbocycles. The molecule has 12 heterocycles. The molecule has 0 radical (unpaired) electrons. The van der Waals surface area contributed by atoms with Crippen molar-refractivity contribution in [1.29, 1.82) is 0 Å². The van der Waals surface area contributed by atoms with Crippen molar-refractivity contribution in [3.05, 3.63) is 110 Å². The molecule has 12 rings (SSSR count). The molecule has 0 spiro atoms. The zero-order chi connectivity index (χ0) is 59.7. The van der Waals surface area contributed by atoms with E-state index in [-0.39, 0.29) is 0 Å². The number of piperazine rings is 4. The van der Waals surface area contributed by atoms with Crippen molar-refractivity contribution in [2.75, 3.05) is 160 Å². The molecular weight excluding hydrogens is 1640 g/mol. The number of anilines is 6. The minimum absolute atomic E-state index is 0.639. The quantitative estimate of drug-likeness (QED) is 0.102. The van der Waals surface area contributed by atoms with E-state index in [1.807, 2.05) is 37.2 Å². The third-order valence-corrected chi connectivity index (χ3v) is 14.6. The van der Waals surface area contributed by atoms with Gasteiger partial charge in [-0.1, -0.05) is 0 Å². The van der Waals surface area contributed by atoms with Crippen molar-refractivity contribution in [2.45, 2.75) is 38.5 Å². The Hall–Kier alpha value is 0.405. The van der Waals surface area contributed by atoms with Gasteiger partial charge in [0, 0.05) is 202 Å². The summed E-state index contributed by atoms with van der Waals surface area (Å²) in [6, 6.07) is 25.7.